The number of H-pyrrole nitrogens is 1. The Hall–Kier alpha value is -3.09. The van der Waals surface area contributed by atoms with Crippen molar-refractivity contribution in [1.82, 2.24) is 10.3 Å². The van der Waals surface area contributed by atoms with Crippen LogP contribution in [0.15, 0.2) is 41.2 Å². The zero-order chi connectivity index (χ0) is 19.8. The van der Waals surface area contributed by atoms with Crippen LogP contribution in [0.25, 0.3) is 0 Å². The van der Waals surface area contributed by atoms with Crippen LogP contribution >= 0.6 is 0 Å². The Morgan fingerprint density at radius 3 is 2.52 bits per heavy atom. The minimum Gasteiger partial charge on any atom is -0.482 e. The Kier molecular flexibility index (Phi) is 7.16. The van der Waals surface area contributed by atoms with Gasteiger partial charge < -0.3 is 20.1 Å². The molecule has 1 heterocycles. The number of benzene rings is 1. The maximum atomic E-state index is 12.3. The summed E-state index contributed by atoms with van der Waals surface area (Å²) in [5.41, 5.74) is 1.80. The molecule has 1 aromatic heterocycles. The quantitative estimate of drug-likeness (QED) is 0.624. The summed E-state index contributed by atoms with van der Waals surface area (Å²) >= 11 is 0. The van der Waals surface area contributed by atoms with Crippen molar-refractivity contribution >= 4 is 11.9 Å². The van der Waals surface area contributed by atoms with Gasteiger partial charge in [-0.25, -0.2) is 4.79 Å². The number of nitrogens with one attached hydrogen (secondary N) is 2. The smallest absolute Gasteiger partial charge is 0.341 e. The van der Waals surface area contributed by atoms with Gasteiger partial charge in [0, 0.05) is 23.9 Å². The largest absolute Gasteiger partial charge is 0.482 e. The van der Waals surface area contributed by atoms with E-state index in [0.29, 0.717) is 36.6 Å². The van der Waals surface area contributed by atoms with Gasteiger partial charge in [0.1, 0.15) is 5.75 Å². The fourth-order valence-electron chi connectivity index (χ4n) is 2.60. The molecule has 2 rings (SSSR count). The van der Waals surface area contributed by atoms with Crippen molar-refractivity contribution < 1.29 is 19.4 Å². The first-order valence-corrected chi connectivity index (χ1v) is 8.78. The number of ether oxygens (including phenoxy) is 1. The molecule has 0 radical (unpaired) electrons. The first-order chi connectivity index (χ1) is 12.8. The van der Waals surface area contributed by atoms with Crippen molar-refractivity contribution in [2.45, 2.75) is 26.7 Å². The van der Waals surface area contributed by atoms with Crippen LogP contribution in [0.5, 0.6) is 5.75 Å². The molecular weight excluding hydrogens is 348 g/mol. The lowest BCUT2D eigenvalue weighted by molar-refractivity contribution is -0.139. The van der Waals surface area contributed by atoms with Crippen molar-refractivity contribution in [1.29, 1.82) is 0 Å². The van der Waals surface area contributed by atoms with Gasteiger partial charge in [0.25, 0.3) is 5.91 Å². The Bertz CT molecular complexity index is 840. The van der Waals surface area contributed by atoms with E-state index in [1.54, 1.807) is 18.2 Å². The lowest BCUT2D eigenvalue weighted by atomic mass is 10.1. The first-order valence-electron chi connectivity index (χ1n) is 8.78. The summed E-state index contributed by atoms with van der Waals surface area (Å²) < 4.78 is 5.07. The van der Waals surface area contributed by atoms with Crippen LogP contribution < -0.4 is 15.6 Å². The number of aliphatic carboxylic acids is 1. The van der Waals surface area contributed by atoms with E-state index in [0.717, 1.165) is 11.3 Å². The molecule has 0 saturated carbocycles. The second kappa shape index (κ2) is 9.56. The summed E-state index contributed by atoms with van der Waals surface area (Å²) in [4.78, 5) is 37.2. The molecule has 7 heteroatoms. The molecule has 0 fully saturated rings. The van der Waals surface area contributed by atoms with Gasteiger partial charge in [-0.15, -0.1) is 0 Å². The van der Waals surface area contributed by atoms with Crippen molar-refractivity contribution in [3.63, 3.8) is 0 Å². The normalized spacial score (nSPS) is 10.6. The predicted octanol–water partition coefficient (Wildman–Crippen LogP) is 2.01. The van der Waals surface area contributed by atoms with Gasteiger partial charge in [0.15, 0.2) is 6.61 Å². The van der Waals surface area contributed by atoms with Crippen molar-refractivity contribution in [3.05, 3.63) is 63.6 Å². The Labute approximate surface area is 157 Å². The number of carboxylic acid groups (broad SMARTS) is 1. The minimum absolute atomic E-state index is 0.282. The molecule has 0 atom stereocenters. The maximum Gasteiger partial charge on any atom is 0.341 e. The Morgan fingerprint density at radius 2 is 1.89 bits per heavy atom. The highest BCUT2D eigenvalue weighted by Gasteiger charge is 2.09. The van der Waals surface area contributed by atoms with Crippen LogP contribution in [-0.4, -0.2) is 35.1 Å². The molecule has 1 amide bonds. The van der Waals surface area contributed by atoms with Gasteiger partial charge in [-0.05, 0) is 42.5 Å². The third-order valence-corrected chi connectivity index (χ3v) is 3.78. The molecule has 0 bridgehead atoms. The molecule has 144 valence electrons. The van der Waals surface area contributed by atoms with E-state index in [1.807, 2.05) is 26.0 Å². The first kappa shape index (κ1) is 20.2. The number of hydrogen-bond acceptors (Lipinski definition) is 4. The minimum atomic E-state index is -1.03. The number of carbonyl (C=O) groups is 2. The third kappa shape index (κ3) is 6.97. The van der Waals surface area contributed by atoms with Crippen molar-refractivity contribution in [2.24, 2.45) is 5.92 Å². The van der Waals surface area contributed by atoms with Crippen LogP contribution in [0.2, 0.25) is 0 Å². The van der Waals surface area contributed by atoms with Crippen LogP contribution in [-0.2, 0) is 17.6 Å². The highest BCUT2D eigenvalue weighted by atomic mass is 16.5. The number of pyridine rings is 1. The van der Waals surface area contributed by atoms with E-state index >= 15 is 0 Å². The molecule has 0 aliphatic carbocycles. The van der Waals surface area contributed by atoms with E-state index in [4.69, 9.17) is 9.84 Å². The molecule has 0 aliphatic rings. The predicted molar refractivity (Wildman–Crippen MR) is 101 cm³/mol. The van der Waals surface area contributed by atoms with E-state index in [9.17, 15) is 14.4 Å². The average molecular weight is 372 g/mol. The molecule has 0 spiro atoms. The second-order valence-electron chi connectivity index (χ2n) is 6.69. The number of aromatic nitrogens is 1. The highest BCUT2D eigenvalue weighted by molar-refractivity contribution is 5.94. The molecule has 0 aliphatic heterocycles. The molecule has 27 heavy (non-hydrogen) atoms. The SMILES string of the molecule is CC(C)Cc1cc(C(=O)NCCc2ccc(OCC(=O)O)cc2)cc(=O)[nH]1. The number of amides is 1. The number of carboxylic acids is 1. The van der Waals surface area contributed by atoms with Crippen molar-refractivity contribution in [2.75, 3.05) is 13.2 Å². The Balaban J connectivity index is 1.88. The van der Waals surface area contributed by atoms with Gasteiger partial charge >= 0.3 is 5.97 Å². The third-order valence-electron chi connectivity index (χ3n) is 3.78. The molecule has 3 N–H and O–H groups in total. The van der Waals surface area contributed by atoms with Crippen LogP contribution in [0.1, 0.15) is 35.5 Å². The van der Waals surface area contributed by atoms with E-state index in [1.165, 1.54) is 6.07 Å². The summed E-state index contributed by atoms with van der Waals surface area (Å²) in [6.45, 7) is 4.12. The lowest BCUT2D eigenvalue weighted by Gasteiger charge is -2.09. The van der Waals surface area contributed by atoms with Gasteiger partial charge in [-0.3, -0.25) is 9.59 Å². The van der Waals surface area contributed by atoms with Gasteiger partial charge in [0.05, 0.1) is 0 Å². The molecule has 0 unspecified atom stereocenters. The van der Waals surface area contributed by atoms with E-state index < -0.39 is 5.97 Å². The molecule has 2 aromatic rings. The Morgan fingerprint density at radius 1 is 1.19 bits per heavy atom. The number of rotatable bonds is 9. The average Bonchev–Trinajstić information content (AvgIpc) is 2.59. The van der Waals surface area contributed by atoms with E-state index in [-0.39, 0.29) is 18.1 Å². The number of hydrogen-bond donors (Lipinski definition) is 3. The van der Waals surface area contributed by atoms with Gasteiger partial charge in [-0.1, -0.05) is 26.0 Å². The summed E-state index contributed by atoms with van der Waals surface area (Å²) in [6.07, 6.45) is 1.31. The fraction of sp³-hybridized carbons (Fsp3) is 0.350. The molecule has 0 saturated heterocycles. The zero-order valence-electron chi connectivity index (χ0n) is 15.5. The fourth-order valence-corrected chi connectivity index (χ4v) is 2.60. The standard InChI is InChI=1S/C20H24N2O5/c1-13(2)9-16-10-15(11-18(23)22-16)20(26)21-8-7-14-3-5-17(6-4-14)27-12-19(24)25/h3-6,10-11,13H,7-9,12H2,1-2H3,(H,21,26)(H,22,23)(H,24,25). The monoisotopic (exact) mass is 372 g/mol. The van der Waals surface area contributed by atoms with Crippen LogP contribution in [0.4, 0.5) is 0 Å². The van der Waals surface area contributed by atoms with Crippen LogP contribution in [0, 0.1) is 5.92 Å². The summed E-state index contributed by atoms with van der Waals surface area (Å²) in [6, 6.07) is 10.0. The van der Waals surface area contributed by atoms with Crippen LogP contribution in [0.3, 0.4) is 0 Å². The molecule has 1 aromatic carbocycles. The van der Waals surface area contributed by atoms with Gasteiger partial charge in [0.2, 0.25) is 5.56 Å². The summed E-state index contributed by atoms with van der Waals surface area (Å²) in [5.74, 6) is -0.460. The molecular formula is C20H24N2O5. The number of carbonyl (C=O) groups excluding carboxylic acids is 1. The lowest BCUT2D eigenvalue weighted by Crippen LogP contribution is -2.27. The van der Waals surface area contributed by atoms with E-state index in [2.05, 4.69) is 10.3 Å². The highest BCUT2D eigenvalue weighted by Crippen LogP contribution is 2.12. The van der Waals surface area contributed by atoms with Crippen molar-refractivity contribution in [3.8, 4) is 5.75 Å². The topological polar surface area (TPSA) is 108 Å². The second-order valence-corrected chi connectivity index (χ2v) is 6.69. The summed E-state index contributed by atoms with van der Waals surface area (Å²) in [7, 11) is 0. The number of aromatic amines is 1. The maximum absolute atomic E-state index is 12.3. The van der Waals surface area contributed by atoms with Gasteiger partial charge in [-0.2, -0.15) is 0 Å². The molecule has 7 nitrogen and oxygen atoms in total. The summed E-state index contributed by atoms with van der Waals surface area (Å²) in [5, 5.41) is 11.4. The zero-order valence-corrected chi connectivity index (χ0v) is 15.5.